The molecule has 0 saturated heterocycles. The van der Waals surface area contributed by atoms with Gasteiger partial charge in [-0.2, -0.15) is 0 Å². The van der Waals surface area contributed by atoms with Gasteiger partial charge in [0.05, 0.1) is 6.61 Å². The summed E-state index contributed by atoms with van der Waals surface area (Å²) in [7, 11) is 1.50. The maximum Gasteiger partial charge on any atom is 0.123 e. The summed E-state index contributed by atoms with van der Waals surface area (Å²) >= 11 is 0. The van der Waals surface area contributed by atoms with Crippen LogP contribution >= 0.6 is 0 Å². The smallest absolute Gasteiger partial charge is 0.123 e. The maximum absolute atomic E-state index is 13.0. The van der Waals surface area contributed by atoms with Gasteiger partial charge in [0.1, 0.15) is 11.4 Å². The van der Waals surface area contributed by atoms with E-state index in [-0.39, 0.29) is 12.4 Å². The van der Waals surface area contributed by atoms with Gasteiger partial charge in [0.25, 0.3) is 0 Å². The van der Waals surface area contributed by atoms with Crippen molar-refractivity contribution < 1.29 is 14.2 Å². The molecule has 2 nitrogen and oxygen atoms in total. The topological polar surface area (TPSA) is 29.5 Å². The second-order valence-corrected chi connectivity index (χ2v) is 3.67. The number of aliphatic hydroxyl groups is 1. The van der Waals surface area contributed by atoms with Gasteiger partial charge in [0, 0.05) is 7.11 Å². The summed E-state index contributed by atoms with van der Waals surface area (Å²) in [4.78, 5) is 0. The van der Waals surface area contributed by atoms with E-state index in [9.17, 15) is 9.50 Å². The van der Waals surface area contributed by atoms with Gasteiger partial charge in [-0.1, -0.05) is 6.07 Å². The fourth-order valence-electron chi connectivity index (χ4n) is 1.53. The lowest BCUT2D eigenvalue weighted by molar-refractivity contribution is -0.0214. The molecular weight excluding hydrogens is 183 g/mol. The summed E-state index contributed by atoms with van der Waals surface area (Å²) in [6.45, 7) is 3.59. The van der Waals surface area contributed by atoms with E-state index in [0.717, 1.165) is 5.56 Å². The minimum atomic E-state index is -1.14. The van der Waals surface area contributed by atoms with Crippen molar-refractivity contribution in [3.05, 3.63) is 35.1 Å². The van der Waals surface area contributed by atoms with E-state index in [4.69, 9.17) is 4.74 Å². The van der Waals surface area contributed by atoms with Gasteiger partial charge in [-0.3, -0.25) is 0 Å². The Kier molecular flexibility index (Phi) is 3.24. The highest BCUT2D eigenvalue weighted by molar-refractivity contribution is 5.31. The maximum atomic E-state index is 13.0. The van der Waals surface area contributed by atoms with E-state index in [1.807, 2.05) is 6.92 Å². The molecule has 0 spiro atoms. The Bertz CT molecular complexity index is 321. The lowest BCUT2D eigenvalue weighted by Gasteiger charge is -2.24. The van der Waals surface area contributed by atoms with Crippen LogP contribution in [0.2, 0.25) is 0 Å². The molecule has 1 aromatic rings. The number of halogens is 1. The zero-order chi connectivity index (χ0) is 10.8. The normalized spacial score (nSPS) is 15.2. The van der Waals surface area contributed by atoms with Crippen LogP contribution in [0.1, 0.15) is 18.1 Å². The summed E-state index contributed by atoms with van der Waals surface area (Å²) in [5.74, 6) is -0.345. The quantitative estimate of drug-likeness (QED) is 0.804. The van der Waals surface area contributed by atoms with Crippen LogP contribution in [0.5, 0.6) is 0 Å². The first-order valence-electron chi connectivity index (χ1n) is 4.45. The van der Waals surface area contributed by atoms with Crippen LogP contribution in [0.3, 0.4) is 0 Å². The van der Waals surface area contributed by atoms with E-state index >= 15 is 0 Å². The van der Waals surface area contributed by atoms with Crippen LogP contribution in [0.25, 0.3) is 0 Å². The Morgan fingerprint density at radius 1 is 1.50 bits per heavy atom. The highest BCUT2D eigenvalue weighted by atomic mass is 19.1. The largest absolute Gasteiger partial charge is 0.383 e. The Morgan fingerprint density at radius 2 is 2.14 bits per heavy atom. The van der Waals surface area contributed by atoms with E-state index in [1.165, 1.54) is 19.2 Å². The van der Waals surface area contributed by atoms with Crippen molar-refractivity contribution in [1.82, 2.24) is 0 Å². The van der Waals surface area contributed by atoms with Crippen molar-refractivity contribution in [3.8, 4) is 0 Å². The molecule has 1 N–H and O–H groups in total. The molecule has 0 radical (unpaired) electrons. The summed E-state index contributed by atoms with van der Waals surface area (Å²) in [5.41, 5.74) is 0.286. The number of hydrogen-bond donors (Lipinski definition) is 1. The summed E-state index contributed by atoms with van der Waals surface area (Å²) in [6, 6.07) is 4.37. The minimum Gasteiger partial charge on any atom is -0.383 e. The average molecular weight is 198 g/mol. The zero-order valence-corrected chi connectivity index (χ0v) is 8.67. The standard InChI is InChI=1S/C11H15FO2/c1-8-4-5-9(12)6-10(8)11(2,13)7-14-3/h4-6,13H,7H2,1-3H3. The SMILES string of the molecule is COCC(C)(O)c1cc(F)ccc1C. The van der Waals surface area contributed by atoms with E-state index in [2.05, 4.69) is 0 Å². The fourth-order valence-corrected chi connectivity index (χ4v) is 1.53. The number of hydrogen-bond acceptors (Lipinski definition) is 2. The molecule has 1 unspecified atom stereocenters. The highest BCUT2D eigenvalue weighted by Gasteiger charge is 2.25. The first-order chi connectivity index (χ1) is 6.47. The Morgan fingerprint density at radius 3 is 2.71 bits per heavy atom. The number of ether oxygens (including phenoxy) is 1. The molecule has 0 aliphatic carbocycles. The molecule has 0 fully saturated rings. The first-order valence-corrected chi connectivity index (χ1v) is 4.45. The number of rotatable bonds is 3. The van der Waals surface area contributed by atoms with Crippen molar-refractivity contribution in [2.75, 3.05) is 13.7 Å². The van der Waals surface area contributed by atoms with Gasteiger partial charge in [0.2, 0.25) is 0 Å². The van der Waals surface area contributed by atoms with Gasteiger partial charge in [-0.15, -0.1) is 0 Å². The van der Waals surface area contributed by atoms with Crippen molar-refractivity contribution in [2.24, 2.45) is 0 Å². The fraction of sp³-hybridized carbons (Fsp3) is 0.455. The summed E-state index contributed by atoms with van der Waals surface area (Å²) < 4.78 is 17.8. The van der Waals surface area contributed by atoms with E-state index < -0.39 is 5.60 Å². The third kappa shape index (κ3) is 2.30. The Balaban J connectivity index is 3.10. The molecule has 0 heterocycles. The zero-order valence-electron chi connectivity index (χ0n) is 8.67. The summed E-state index contributed by atoms with van der Waals surface area (Å²) in [6.07, 6.45) is 0. The predicted octanol–water partition coefficient (Wildman–Crippen LogP) is 1.99. The molecule has 0 aromatic heterocycles. The third-order valence-corrected chi connectivity index (χ3v) is 2.21. The van der Waals surface area contributed by atoms with Crippen LogP contribution in [-0.4, -0.2) is 18.8 Å². The van der Waals surface area contributed by atoms with Crippen LogP contribution in [0, 0.1) is 12.7 Å². The van der Waals surface area contributed by atoms with Gasteiger partial charge in [-0.25, -0.2) is 4.39 Å². The molecule has 78 valence electrons. The van der Waals surface area contributed by atoms with Crippen molar-refractivity contribution in [3.63, 3.8) is 0 Å². The van der Waals surface area contributed by atoms with Gasteiger partial charge in [-0.05, 0) is 37.1 Å². The van der Waals surface area contributed by atoms with Crippen molar-refractivity contribution in [2.45, 2.75) is 19.4 Å². The molecular formula is C11H15FO2. The number of methoxy groups -OCH3 is 1. The second kappa shape index (κ2) is 4.07. The average Bonchev–Trinajstić information content (AvgIpc) is 2.09. The first kappa shape index (κ1) is 11.1. The molecule has 0 bridgehead atoms. The molecule has 14 heavy (non-hydrogen) atoms. The van der Waals surface area contributed by atoms with Crippen molar-refractivity contribution >= 4 is 0 Å². The second-order valence-electron chi connectivity index (χ2n) is 3.67. The molecule has 1 rings (SSSR count). The van der Waals surface area contributed by atoms with Crippen molar-refractivity contribution in [1.29, 1.82) is 0 Å². The minimum absolute atomic E-state index is 0.150. The van der Waals surface area contributed by atoms with Gasteiger partial charge >= 0.3 is 0 Å². The Labute approximate surface area is 83.3 Å². The van der Waals surface area contributed by atoms with Crippen LogP contribution < -0.4 is 0 Å². The lowest BCUT2D eigenvalue weighted by Crippen LogP contribution is -2.28. The molecule has 1 atom stereocenters. The Hall–Kier alpha value is -0.930. The lowest BCUT2D eigenvalue weighted by atomic mass is 9.93. The van der Waals surface area contributed by atoms with E-state index in [0.29, 0.717) is 5.56 Å². The molecule has 0 saturated carbocycles. The van der Waals surface area contributed by atoms with Crippen LogP contribution in [0.4, 0.5) is 4.39 Å². The van der Waals surface area contributed by atoms with Crippen LogP contribution in [-0.2, 0) is 10.3 Å². The van der Waals surface area contributed by atoms with Gasteiger partial charge in [0.15, 0.2) is 0 Å². The monoisotopic (exact) mass is 198 g/mol. The molecule has 0 aliphatic rings. The molecule has 0 aliphatic heterocycles. The molecule has 1 aromatic carbocycles. The van der Waals surface area contributed by atoms with Crippen LogP contribution in [0.15, 0.2) is 18.2 Å². The molecule has 3 heteroatoms. The number of aryl methyl sites for hydroxylation is 1. The third-order valence-electron chi connectivity index (χ3n) is 2.21. The highest BCUT2D eigenvalue weighted by Crippen LogP contribution is 2.24. The predicted molar refractivity (Wildman–Crippen MR) is 52.6 cm³/mol. The van der Waals surface area contributed by atoms with Gasteiger partial charge < -0.3 is 9.84 Å². The number of benzene rings is 1. The molecule has 0 amide bonds. The van der Waals surface area contributed by atoms with E-state index in [1.54, 1.807) is 13.0 Å². The summed E-state index contributed by atoms with van der Waals surface area (Å²) in [5, 5.41) is 10.00.